The van der Waals surface area contributed by atoms with Crippen molar-refractivity contribution >= 4 is 33.2 Å². The van der Waals surface area contributed by atoms with Gasteiger partial charge in [0.2, 0.25) is 5.95 Å². The molecule has 0 bridgehead atoms. The topological polar surface area (TPSA) is 45.2 Å². The molecule has 0 aliphatic carbocycles. The van der Waals surface area contributed by atoms with E-state index in [1.54, 1.807) is 23.7 Å². The van der Waals surface area contributed by atoms with Gasteiger partial charge in [0.25, 0.3) is 0 Å². The van der Waals surface area contributed by atoms with Gasteiger partial charge in [-0.2, -0.15) is 0 Å². The molecule has 106 valence electrons. The van der Waals surface area contributed by atoms with Gasteiger partial charge in [-0.1, -0.05) is 0 Å². The maximum absolute atomic E-state index is 4.36. The van der Waals surface area contributed by atoms with Crippen LogP contribution in [0.5, 0.6) is 0 Å². The summed E-state index contributed by atoms with van der Waals surface area (Å²) in [6, 6.07) is 0. The molecule has 5 nitrogen and oxygen atoms in total. The van der Waals surface area contributed by atoms with Crippen LogP contribution in [0, 0.1) is 6.92 Å². The third-order valence-corrected chi connectivity index (χ3v) is 4.62. The summed E-state index contributed by atoms with van der Waals surface area (Å²) < 4.78 is 0.917. The number of hydrogen-bond donors (Lipinski definition) is 0. The second-order valence-corrected chi connectivity index (χ2v) is 7.05. The van der Waals surface area contributed by atoms with Crippen molar-refractivity contribution in [3.05, 3.63) is 32.9 Å². The first-order chi connectivity index (χ1) is 9.70. The minimum atomic E-state index is 0.821. The SMILES string of the molecule is Cc1ncc(CN2CCN(c3ncc(Br)cn3)CC2)s1. The third kappa shape index (κ3) is 3.34. The smallest absolute Gasteiger partial charge is 0.225 e. The second kappa shape index (κ2) is 6.15. The number of halogens is 1. The lowest BCUT2D eigenvalue weighted by molar-refractivity contribution is 0.250. The second-order valence-electron chi connectivity index (χ2n) is 4.81. The summed E-state index contributed by atoms with van der Waals surface area (Å²) in [5, 5.41) is 1.14. The van der Waals surface area contributed by atoms with Gasteiger partial charge in [0.1, 0.15) is 0 Å². The summed E-state index contributed by atoms with van der Waals surface area (Å²) in [4.78, 5) is 19.1. The van der Waals surface area contributed by atoms with Crippen LogP contribution in [0.15, 0.2) is 23.1 Å². The number of hydrogen-bond acceptors (Lipinski definition) is 6. The van der Waals surface area contributed by atoms with Crippen LogP contribution in [0.25, 0.3) is 0 Å². The van der Waals surface area contributed by atoms with E-state index in [4.69, 9.17) is 0 Å². The third-order valence-electron chi connectivity index (χ3n) is 3.31. The van der Waals surface area contributed by atoms with Gasteiger partial charge in [-0.3, -0.25) is 4.90 Å². The number of anilines is 1. The van der Waals surface area contributed by atoms with E-state index in [1.807, 2.05) is 6.20 Å². The molecule has 1 aliphatic rings. The van der Waals surface area contributed by atoms with E-state index in [-0.39, 0.29) is 0 Å². The van der Waals surface area contributed by atoms with Crippen molar-refractivity contribution in [2.75, 3.05) is 31.1 Å². The van der Waals surface area contributed by atoms with Crippen molar-refractivity contribution in [3.63, 3.8) is 0 Å². The highest BCUT2D eigenvalue weighted by molar-refractivity contribution is 9.10. The highest BCUT2D eigenvalue weighted by atomic mass is 79.9. The highest BCUT2D eigenvalue weighted by Crippen LogP contribution is 2.17. The Kier molecular flexibility index (Phi) is 4.28. The predicted octanol–water partition coefficient (Wildman–Crippen LogP) is 2.33. The molecular weight excluding hydrogens is 338 g/mol. The van der Waals surface area contributed by atoms with E-state index >= 15 is 0 Å². The minimum Gasteiger partial charge on any atom is -0.338 e. The van der Waals surface area contributed by atoms with E-state index in [0.29, 0.717) is 0 Å². The monoisotopic (exact) mass is 353 g/mol. The van der Waals surface area contributed by atoms with E-state index in [9.17, 15) is 0 Å². The fourth-order valence-corrected chi connectivity index (χ4v) is 3.32. The largest absolute Gasteiger partial charge is 0.338 e. The number of rotatable bonds is 3. The van der Waals surface area contributed by atoms with Gasteiger partial charge in [-0.25, -0.2) is 15.0 Å². The molecule has 2 aromatic heterocycles. The molecule has 3 rings (SSSR count). The van der Waals surface area contributed by atoms with Gasteiger partial charge in [0, 0.05) is 56.2 Å². The number of piperazine rings is 1. The maximum Gasteiger partial charge on any atom is 0.225 e. The zero-order chi connectivity index (χ0) is 13.9. The molecule has 7 heteroatoms. The first-order valence-electron chi connectivity index (χ1n) is 6.57. The Morgan fingerprint density at radius 1 is 1.10 bits per heavy atom. The summed E-state index contributed by atoms with van der Waals surface area (Å²) in [6.45, 7) is 7.07. The predicted molar refractivity (Wildman–Crippen MR) is 84.1 cm³/mol. The molecule has 0 aromatic carbocycles. The normalized spacial score (nSPS) is 16.6. The van der Waals surface area contributed by atoms with Crippen molar-refractivity contribution in [1.82, 2.24) is 19.9 Å². The molecule has 1 aliphatic heterocycles. The average Bonchev–Trinajstić information content (AvgIpc) is 2.86. The molecule has 1 saturated heterocycles. The molecule has 0 atom stereocenters. The lowest BCUT2D eigenvalue weighted by atomic mass is 10.3. The Labute approximate surface area is 130 Å². The molecule has 0 amide bonds. The van der Waals surface area contributed by atoms with Crippen molar-refractivity contribution in [2.45, 2.75) is 13.5 Å². The van der Waals surface area contributed by atoms with Gasteiger partial charge in [0.15, 0.2) is 0 Å². The molecule has 0 N–H and O–H groups in total. The van der Waals surface area contributed by atoms with E-state index in [1.165, 1.54) is 4.88 Å². The Hall–Kier alpha value is -1.05. The summed E-state index contributed by atoms with van der Waals surface area (Å²) in [5.41, 5.74) is 0. The molecular formula is C13H16BrN5S. The Morgan fingerprint density at radius 3 is 2.40 bits per heavy atom. The van der Waals surface area contributed by atoms with E-state index in [0.717, 1.165) is 48.2 Å². The van der Waals surface area contributed by atoms with Gasteiger partial charge in [0.05, 0.1) is 9.48 Å². The zero-order valence-corrected chi connectivity index (χ0v) is 13.7. The molecule has 0 radical (unpaired) electrons. The fourth-order valence-electron chi connectivity index (χ4n) is 2.27. The van der Waals surface area contributed by atoms with Crippen LogP contribution in [0.3, 0.4) is 0 Å². The van der Waals surface area contributed by atoms with Crippen LogP contribution in [0.1, 0.15) is 9.88 Å². The summed E-state index contributed by atoms with van der Waals surface area (Å²) in [5.74, 6) is 0.821. The standard InChI is InChI=1S/C13H16BrN5S/c1-10-15-8-12(20-10)9-18-2-4-19(5-3-18)13-16-6-11(14)7-17-13/h6-8H,2-5,9H2,1H3. The van der Waals surface area contributed by atoms with Gasteiger partial charge in [-0.15, -0.1) is 11.3 Å². The summed E-state index contributed by atoms with van der Waals surface area (Å²) in [6.07, 6.45) is 5.59. The van der Waals surface area contributed by atoms with Crippen LogP contribution in [0.4, 0.5) is 5.95 Å². The molecule has 1 fully saturated rings. The Morgan fingerprint density at radius 2 is 1.80 bits per heavy atom. The number of aryl methyl sites for hydroxylation is 1. The number of nitrogens with zero attached hydrogens (tertiary/aromatic N) is 5. The van der Waals surface area contributed by atoms with Crippen LogP contribution >= 0.6 is 27.3 Å². The van der Waals surface area contributed by atoms with Crippen LogP contribution < -0.4 is 4.90 Å². The van der Waals surface area contributed by atoms with Crippen LogP contribution in [-0.4, -0.2) is 46.0 Å². The van der Waals surface area contributed by atoms with Crippen LogP contribution in [-0.2, 0) is 6.54 Å². The molecule has 0 spiro atoms. The Balaban J connectivity index is 1.55. The Bertz CT molecular complexity index is 562. The summed E-state index contributed by atoms with van der Waals surface area (Å²) in [7, 11) is 0. The first-order valence-corrected chi connectivity index (χ1v) is 8.18. The lowest BCUT2D eigenvalue weighted by Crippen LogP contribution is -2.46. The van der Waals surface area contributed by atoms with Gasteiger partial charge in [-0.05, 0) is 22.9 Å². The van der Waals surface area contributed by atoms with Crippen LogP contribution in [0.2, 0.25) is 0 Å². The maximum atomic E-state index is 4.36. The molecule has 3 heterocycles. The van der Waals surface area contributed by atoms with Crippen molar-refractivity contribution < 1.29 is 0 Å². The first kappa shape index (κ1) is 13.9. The van der Waals surface area contributed by atoms with Crippen molar-refractivity contribution in [1.29, 1.82) is 0 Å². The van der Waals surface area contributed by atoms with Gasteiger partial charge >= 0.3 is 0 Å². The quantitative estimate of drug-likeness (QED) is 0.847. The molecule has 20 heavy (non-hydrogen) atoms. The zero-order valence-electron chi connectivity index (χ0n) is 11.3. The lowest BCUT2D eigenvalue weighted by Gasteiger charge is -2.34. The minimum absolute atomic E-state index is 0.821. The average molecular weight is 354 g/mol. The number of aromatic nitrogens is 3. The number of thiazole rings is 1. The van der Waals surface area contributed by atoms with E-state index in [2.05, 4.69) is 47.6 Å². The molecule has 0 saturated carbocycles. The van der Waals surface area contributed by atoms with Gasteiger partial charge < -0.3 is 4.90 Å². The van der Waals surface area contributed by atoms with E-state index < -0.39 is 0 Å². The van der Waals surface area contributed by atoms with Crippen molar-refractivity contribution in [2.24, 2.45) is 0 Å². The fraction of sp³-hybridized carbons (Fsp3) is 0.462. The molecule has 2 aromatic rings. The molecule has 0 unspecified atom stereocenters. The van der Waals surface area contributed by atoms with Crippen molar-refractivity contribution in [3.8, 4) is 0 Å². The highest BCUT2D eigenvalue weighted by Gasteiger charge is 2.19. The summed E-state index contributed by atoms with van der Waals surface area (Å²) >= 11 is 5.15.